The third-order valence-corrected chi connectivity index (χ3v) is 3.21. The Labute approximate surface area is 115 Å². The number of hydrogen-bond acceptors (Lipinski definition) is 5. The van der Waals surface area contributed by atoms with Crippen LogP contribution < -0.4 is 4.90 Å². The summed E-state index contributed by atoms with van der Waals surface area (Å²) in [4.78, 5) is 24.6. The van der Waals surface area contributed by atoms with Crippen LogP contribution >= 0.6 is 0 Å². The smallest absolute Gasteiger partial charge is 0.339 e. The molecule has 20 heavy (non-hydrogen) atoms. The molecule has 1 aliphatic heterocycles. The summed E-state index contributed by atoms with van der Waals surface area (Å²) in [6.45, 7) is 2.53. The first-order valence-electron chi connectivity index (χ1n) is 6.31. The molecule has 2 N–H and O–H groups in total. The van der Waals surface area contributed by atoms with Crippen molar-refractivity contribution in [2.75, 3.05) is 31.2 Å². The predicted molar refractivity (Wildman–Crippen MR) is 71.8 cm³/mol. The van der Waals surface area contributed by atoms with Crippen molar-refractivity contribution >= 4 is 11.7 Å². The van der Waals surface area contributed by atoms with Gasteiger partial charge in [0.15, 0.2) is 5.82 Å². The van der Waals surface area contributed by atoms with Gasteiger partial charge >= 0.3 is 5.97 Å². The molecule has 0 spiro atoms. The molecular weight excluding hydrogens is 260 g/mol. The Morgan fingerprint density at radius 2 is 2.15 bits per heavy atom. The maximum absolute atomic E-state index is 11.3. The summed E-state index contributed by atoms with van der Waals surface area (Å²) in [5, 5.41) is 9.30. The SMILES string of the molecule is O=C(O)c1cnc(-c2ncc[nH]2)cc1N1CCOCC1. The van der Waals surface area contributed by atoms with E-state index in [0.717, 1.165) is 0 Å². The van der Waals surface area contributed by atoms with Crippen LogP contribution in [0, 0.1) is 0 Å². The molecule has 0 saturated carbocycles. The summed E-state index contributed by atoms with van der Waals surface area (Å²) in [7, 11) is 0. The molecule has 3 heterocycles. The fourth-order valence-corrected chi connectivity index (χ4v) is 2.21. The molecule has 3 rings (SSSR count). The number of H-pyrrole nitrogens is 1. The van der Waals surface area contributed by atoms with Crippen molar-refractivity contribution in [2.45, 2.75) is 0 Å². The zero-order valence-electron chi connectivity index (χ0n) is 10.7. The number of nitrogens with zero attached hydrogens (tertiary/aromatic N) is 3. The second-order valence-electron chi connectivity index (χ2n) is 4.43. The topological polar surface area (TPSA) is 91.3 Å². The number of morpholine rings is 1. The number of rotatable bonds is 3. The van der Waals surface area contributed by atoms with Gasteiger partial charge in [0.1, 0.15) is 11.3 Å². The molecule has 0 amide bonds. The van der Waals surface area contributed by atoms with Gasteiger partial charge in [-0.3, -0.25) is 4.98 Å². The highest BCUT2D eigenvalue weighted by Crippen LogP contribution is 2.25. The lowest BCUT2D eigenvalue weighted by Gasteiger charge is -2.29. The van der Waals surface area contributed by atoms with Gasteiger partial charge in [-0.05, 0) is 6.07 Å². The molecule has 7 heteroatoms. The Balaban J connectivity index is 2.03. The molecule has 0 aromatic carbocycles. The fraction of sp³-hybridized carbons (Fsp3) is 0.308. The Morgan fingerprint density at radius 1 is 1.35 bits per heavy atom. The molecule has 1 aliphatic rings. The van der Waals surface area contributed by atoms with Crippen LogP contribution in [-0.4, -0.2) is 52.3 Å². The summed E-state index contributed by atoms with van der Waals surface area (Å²) >= 11 is 0. The van der Waals surface area contributed by atoms with Gasteiger partial charge in [0.2, 0.25) is 0 Å². The van der Waals surface area contributed by atoms with E-state index in [1.54, 1.807) is 18.5 Å². The summed E-state index contributed by atoms with van der Waals surface area (Å²) in [6, 6.07) is 1.76. The fourth-order valence-electron chi connectivity index (χ4n) is 2.21. The van der Waals surface area contributed by atoms with Gasteiger partial charge in [0.25, 0.3) is 0 Å². The minimum atomic E-state index is -0.981. The maximum Gasteiger partial charge on any atom is 0.339 e. The van der Waals surface area contributed by atoms with Crippen molar-refractivity contribution in [3.63, 3.8) is 0 Å². The highest BCUT2D eigenvalue weighted by molar-refractivity contribution is 5.94. The van der Waals surface area contributed by atoms with E-state index in [1.165, 1.54) is 6.20 Å². The summed E-state index contributed by atoms with van der Waals surface area (Å²) in [6.07, 6.45) is 4.72. The number of aromatic amines is 1. The molecule has 1 saturated heterocycles. The monoisotopic (exact) mass is 274 g/mol. The molecule has 0 unspecified atom stereocenters. The molecule has 0 aliphatic carbocycles. The van der Waals surface area contributed by atoms with Crippen LogP contribution in [-0.2, 0) is 4.74 Å². The van der Waals surface area contributed by atoms with Gasteiger partial charge in [-0.2, -0.15) is 0 Å². The minimum Gasteiger partial charge on any atom is -0.478 e. The van der Waals surface area contributed by atoms with E-state index in [-0.39, 0.29) is 5.56 Å². The lowest BCUT2D eigenvalue weighted by atomic mass is 10.1. The van der Waals surface area contributed by atoms with Gasteiger partial charge in [0.05, 0.1) is 18.9 Å². The van der Waals surface area contributed by atoms with Gasteiger partial charge in [-0.15, -0.1) is 0 Å². The number of aromatic nitrogens is 3. The minimum absolute atomic E-state index is 0.196. The first kappa shape index (κ1) is 12.6. The van der Waals surface area contributed by atoms with Crippen molar-refractivity contribution in [3.05, 3.63) is 30.2 Å². The molecule has 0 bridgehead atoms. The van der Waals surface area contributed by atoms with Crippen molar-refractivity contribution in [1.29, 1.82) is 0 Å². The van der Waals surface area contributed by atoms with E-state index in [2.05, 4.69) is 15.0 Å². The zero-order valence-corrected chi connectivity index (χ0v) is 10.7. The van der Waals surface area contributed by atoms with E-state index in [0.29, 0.717) is 43.5 Å². The zero-order chi connectivity index (χ0) is 13.9. The number of carboxylic acids is 1. The highest BCUT2D eigenvalue weighted by atomic mass is 16.5. The molecule has 7 nitrogen and oxygen atoms in total. The second-order valence-corrected chi connectivity index (χ2v) is 4.43. The van der Waals surface area contributed by atoms with Gasteiger partial charge < -0.3 is 19.7 Å². The Hall–Kier alpha value is -2.41. The number of nitrogens with one attached hydrogen (secondary N) is 1. The number of ether oxygens (including phenoxy) is 1. The number of imidazole rings is 1. The van der Waals surface area contributed by atoms with E-state index >= 15 is 0 Å². The van der Waals surface area contributed by atoms with Gasteiger partial charge in [-0.1, -0.05) is 0 Å². The number of hydrogen-bond donors (Lipinski definition) is 2. The lowest BCUT2D eigenvalue weighted by molar-refractivity contribution is 0.0696. The molecule has 0 radical (unpaired) electrons. The normalized spacial score (nSPS) is 15.3. The Kier molecular flexibility index (Phi) is 3.34. The van der Waals surface area contributed by atoms with Gasteiger partial charge in [-0.25, -0.2) is 9.78 Å². The Bertz CT molecular complexity index is 606. The van der Waals surface area contributed by atoms with Crippen molar-refractivity contribution < 1.29 is 14.6 Å². The average Bonchev–Trinajstić information content (AvgIpc) is 3.02. The lowest BCUT2D eigenvalue weighted by Crippen LogP contribution is -2.37. The van der Waals surface area contributed by atoms with Crippen LogP contribution in [0.4, 0.5) is 5.69 Å². The third kappa shape index (κ3) is 2.35. The standard InChI is InChI=1S/C13H14N4O3/c18-13(19)9-8-16-10(12-14-1-2-15-12)7-11(9)17-3-5-20-6-4-17/h1-2,7-8H,3-6H2,(H,14,15)(H,18,19). The summed E-state index contributed by atoms with van der Waals surface area (Å²) in [5.41, 5.74) is 1.48. The van der Waals surface area contributed by atoms with Crippen LogP contribution in [0.3, 0.4) is 0 Å². The third-order valence-electron chi connectivity index (χ3n) is 3.21. The van der Waals surface area contributed by atoms with Crippen LogP contribution in [0.15, 0.2) is 24.7 Å². The summed E-state index contributed by atoms with van der Waals surface area (Å²) in [5.74, 6) is -0.360. The van der Waals surface area contributed by atoms with Crippen molar-refractivity contribution in [2.24, 2.45) is 0 Å². The first-order valence-corrected chi connectivity index (χ1v) is 6.31. The van der Waals surface area contributed by atoms with E-state index in [9.17, 15) is 9.90 Å². The summed E-state index contributed by atoms with van der Waals surface area (Å²) < 4.78 is 5.30. The number of carboxylic acid groups (broad SMARTS) is 1. The average molecular weight is 274 g/mol. The number of anilines is 1. The van der Waals surface area contributed by atoms with Crippen LogP contribution in [0.1, 0.15) is 10.4 Å². The van der Waals surface area contributed by atoms with Crippen LogP contribution in [0.5, 0.6) is 0 Å². The van der Waals surface area contributed by atoms with Crippen molar-refractivity contribution in [3.8, 4) is 11.5 Å². The number of pyridine rings is 1. The first-order chi connectivity index (χ1) is 9.75. The molecule has 1 fully saturated rings. The maximum atomic E-state index is 11.3. The molecule has 0 atom stereocenters. The van der Waals surface area contributed by atoms with E-state index in [4.69, 9.17) is 4.74 Å². The predicted octanol–water partition coefficient (Wildman–Crippen LogP) is 1.01. The molecule has 104 valence electrons. The largest absolute Gasteiger partial charge is 0.478 e. The van der Waals surface area contributed by atoms with E-state index < -0.39 is 5.97 Å². The number of aromatic carboxylic acids is 1. The van der Waals surface area contributed by atoms with Crippen molar-refractivity contribution in [1.82, 2.24) is 15.0 Å². The highest BCUT2D eigenvalue weighted by Gasteiger charge is 2.20. The molecule has 2 aromatic rings. The Morgan fingerprint density at radius 3 is 2.80 bits per heavy atom. The van der Waals surface area contributed by atoms with E-state index in [1.807, 2.05) is 4.90 Å². The van der Waals surface area contributed by atoms with Crippen LogP contribution in [0.2, 0.25) is 0 Å². The second kappa shape index (κ2) is 5.30. The molecular formula is C13H14N4O3. The van der Waals surface area contributed by atoms with Gasteiger partial charge in [0, 0.05) is 31.7 Å². The molecule has 2 aromatic heterocycles. The number of carbonyl (C=O) groups is 1. The quantitative estimate of drug-likeness (QED) is 0.867. The van der Waals surface area contributed by atoms with Crippen LogP contribution in [0.25, 0.3) is 11.5 Å².